The Kier molecular flexibility index (Phi) is 19.5. The van der Waals surface area contributed by atoms with Gasteiger partial charge < -0.3 is 39.4 Å². The monoisotopic (exact) mass is 626 g/mol. The molecule has 2 aromatic carbocycles. The lowest BCUT2D eigenvalue weighted by Gasteiger charge is -2.12. The molecule has 0 atom stereocenters. The SMILES string of the molecule is CC.CC(=O)COCCOCCNC(=O)COCCOCCNC(=O)COc1ccc(-c2ccc(F)cc2F)cc1C(=O)O. The number of amides is 2. The van der Waals surface area contributed by atoms with E-state index in [1.807, 2.05) is 13.8 Å². The van der Waals surface area contributed by atoms with Crippen molar-refractivity contribution in [1.29, 1.82) is 0 Å². The molecule has 2 aromatic rings. The molecule has 0 aliphatic carbocycles. The van der Waals surface area contributed by atoms with Crippen molar-refractivity contribution in [1.82, 2.24) is 10.6 Å². The van der Waals surface area contributed by atoms with Gasteiger partial charge in [0, 0.05) is 24.7 Å². The molecule has 0 aromatic heterocycles. The number of aromatic carboxylic acids is 1. The fourth-order valence-corrected chi connectivity index (χ4v) is 3.31. The summed E-state index contributed by atoms with van der Waals surface area (Å²) >= 11 is 0. The van der Waals surface area contributed by atoms with Gasteiger partial charge in [-0.2, -0.15) is 0 Å². The van der Waals surface area contributed by atoms with E-state index in [0.717, 1.165) is 6.07 Å². The van der Waals surface area contributed by atoms with Crippen LogP contribution in [0.5, 0.6) is 5.75 Å². The Balaban J connectivity index is 0.00000474. The van der Waals surface area contributed by atoms with Crippen molar-refractivity contribution in [3.8, 4) is 16.9 Å². The van der Waals surface area contributed by atoms with Crippen molar-refractivity contribution in [2.75, 3.05) is 72.6 Å². The smallest absolute Gasteiger partial charge is 0.339 e. The second-order valence-electron chi connectivity index (χ2n) is 8.66. The van der Waals surface area contributed by atoms with Crippen LogP contribution in [0.3, 0.4) is 0 Å². The van der Waals surface area contributed by atoms with Gasteiger partial charge in [-0.25, -0.2) is 13.6 Å². The summed E-state index contributed by atoms with van der Waals surface area (Å²) in [5.41, 5.74) is -0.0653. The number of carboxylic acids is 1. The molecule has 0 aliphatic heterocycles. The molecule has 0 fully saturated rings. The summed E-state index contributed by atoms with van der Waals surface area (Å²) < 4.78 is 53.4. The number of carboxylic acid groups (broad SMARTS) is 1. The number of nitrogens with one attached hydrogen (secondary N) is 2. The Morgan fingerprint density at radius 3 is 1.86 bits per heavy atom. The van der Waals surface area contributed by atoms with Gasteiger partial charge in [0.15, 0.2) is 12.4 Å². The number of Topliss-reactive ketones (excluding diaryl/α,β-unsaturated/α-hetero) is 1. The van der Waals surface area contributed by atoms with E-state index >= 15 is 0 Å². The van der Waals surface area contributed by atoms with Gasteiger partial charge in [-0.1, -0.05) is 19.9 Å². The van der Waals surface area contributed by atoms with Crippen LogP contribution in [0.2, 0.25) is 0 Å². The zero-order valence-electron chi connectivity index (χ0n) is 25.1. The van der Waals surface area contributed by atoms with Gasteiger partial charge in [0.1, 0.15) is 36.2 Å². The maximum absolute atomic E-state index is 14.1. The molecule has 2 amide bonds. The highest BCUT2D eigenvalue weighted by molar-refractivity contribution is 5.93. The molecule has 0 unspecified atom stereocenters. The van der Waals surface area contributed by atoms with Crippen LogP contribution in [0.25, 0.3) is 11.1 Å². The summed E-state index contributed by atoms with van der Waals surface area (Å²) in [6.45, 7) is 6.70. The van der Waals surface area contributed by atoms with E-state index in [1.54, 1.807) is 0 Å². The number of halogens is 2. The van der Waals surface area contributed by atoms with Crippen molar-refractivity contribution in [2.24, 2.45) is 0 Å². The third-order valence-corrected chi connectivity index (χ3v) is 5.23. The van der Waals surface area contributed by atoms with Crippen LogP contribution in [0.1, 0.15) is 31.1 Å². The molecule has 0 bridgehead atoms. The minimum Gasteiger partial charge on any atom is -0.483 e. The van der Waals surface area contributed by atoms with Gasteiger partial charge in [0.05, 0.1) is 39.6 Å². The van der Waals surface area contributed by atoms with Crippen LogP contribution in [0.15, 0.2) is 36.4 Å². The molecule has 12 nitrogen and oxygen atoms in total. The molecule has 244 valence electrons. The fourth-order valence-electron chi connectivity index (χ4n) is 3.31. The van der Waals surface area contributed by atoms with Gasteiger partial charge in [-0.15, -0.1) is 0 Å². The minimum atomic E-state index is -1.35. The summed E-state index contributed by atoms with van der Waals surface area (Å²) in [7, 11) is 0. The van der Waals surface area contributed by atoms with Gasteiger partial charge in [0.2, 0.25) is 5.91 Å². The van der Waals surface area contributed by atoms with Crippen molar-refractivity contribution in [2.45, 2.75) is 20.8 Å². The Hall–Kier alpha value is -3.98. The van der Waals surface area contributed by atoms with Crippen LogP contribution in [-0.2, 0) is 33.3 Å². The number of hydrogen-bond donors (Lipinski definition) is 3. The second kappa shape index (κ2) is 22.5. The lowest BCUT2D eigenvalue weighted by Crippen LogP contribution is -2.32. The molecule has 0 saturated carbocycles. The lowest BCUT2D eigenvalue weighted by molar-refractivity contribution is -0.127. The molecule has 3 N–H and O–H groups in total. The first-order chi connectivity index (χ1) is 21.2. The highest BCUT2D eigenvalue weighted by Gasteiger charge is 2.16. The third kappa shape index (κ3) is 16.0. The largest absolute Gasteiger partial charge is 0.483 e. The molecule has 0 heterocycles. The van der Waals surface area contributed by atoms with Crippen molar-refractivity contribution in [3.63, 3.8) is 0 Å². The maximum Gasteiger partial charge on any atom is 0.339 e. The van der Waals surface area contributed by atoms with Crippen molar-refractivity contribution in [3.05, 3.63) is 53.6 Å². The molecule has 14 heteroatoms. The highest BCUT2D eigenvalue weighted by Crippen LogP contribution is 2.29. The first-order valence-electron chi connectivity index (χ1n) is 14.0. The molecule has 2 rings (SSSR count). The highest BCUT2D eigenvalue weighted by atomic mass is 19.1. The van der Waals surface area contributed by atoms with E-state index in [2.05, 4.69) is 10.6 Å². The van der Waals surface area contributed by atoms with Gasteiger partial charge >= 0.3 is 5.97 Å². The van der Waals surface area contributed by atoms with Gasteiger partial charge in [0.25, 0.3) is 5.91 Å². The van der Waals surface area contributed by atoms with E-state index in [1.165, 1.54) is 31.2 Å². The number of hydrogen-bond acceptors (Lipinski definition) is 9. The third-order valence-electron chi connectivity index (χ3n) is 5.23. The summed E-state index contributed by atoms with van der Waals surface area (Å²) in [5.74, 6) is -3.95. The first kappa shape index (κ1) is 38.0. The zero-order chi connectivity index (χ0) is 32.7. The molecule has 0 saturated heterocycles. The predicted molar refractivity (Wildman–Crippen MR) is 156 cm³/mol. The molecule has 0 spiro atoms. The number of carbonyl (C=O) groups is 4. The number of carbonyl (C=O) groups excluding carboxylic acids is 3. The summed E-state index contributed by atoms with van der Waals surface area (Å²) in [4.78, 5) is 46.1. The van der Waals surface area contributed by atoms with E-state index in [-0.39, 0.29) is 73.7 Å². The molecule has 0 aliphatic rings. The Morgan fingerprint density at radius 2 is 1.30 bits per heavy atom. The lowest BCUT2D eigenvalue weighted by atomic mass is 10.0. The van der Waals surface area contributed by atoms with Crippen LogP contribution in [0.4, 0.5) is 8.78 Å². The topological polar surface area (TPSA) is 159 Å². The van der Waals surface area contributed by atoms with Crippen LogP contribution in [0, 0.1) is 11.6 Å². The molecule has 0 radical (unpaired) electrons. The zero-order valence-corrected chi connectivity index (χ0v) is 25.1. The van der Waals surface area contributed by atoms with E-state index in [0.29, 0.717) is 32.4 Å². The summed E-state index contributed by atoms with van der Waals surface area (Å²) in [5, 5.41) is 14.7. The van der Waals surface area contributed by atoms with E-state index in [9.17, 15) is 33.1 Å². The molecular weight excluding hydrogens is 586 g/mol. The summed E-state index contributed by atoms with van der Waals surface area (Å²) in [6.07, 6.45) is 0. The standard InChI is InChI=1S/C28H34F2N2O10.C2H6/c1-19(33)16-40-12-10-38-8-6-31-26(34)17-41-13-11-39-9-7-32-27(35)18-42-25-5-2-20(14-23(25)28(36)37)22-4-3-21(29)15-24(22)30;1-2/h2-5,14-15H,6-13,16-18H2,1H3,(H,31,34)(H,32,35)(H,36,37);1-2H3. The first-order valence-corrected chi connectivity index (χ1v) is 14.0. The normalized spacial score (nSPS) is 10.4. The molecular formula is C30H40F2N2O10. The Bertz CT molecular complexity index is 1200. The maximum atomic E-state index is 14.1. The van der Waals surface area contributed by atoms with Crippen LogP contribution in [-0.4, -0.2) is 101 Å². The molecule has 44 heavy (non-hydrogen) atoms. The van der Waals surface area contributed by atoms with Gasteiger partial charge in [-0.05, 0) is 36.8 Å². The number of rotatable bonds is 21. The van der Waals surface area contributed by atoms with E-state index < -0.39 is 30.1 Å². The van der Waals surface area contributed by atoms with Crippen molar-refractivity contribution >= 4 is 23.6 Å². The van der Waals surface area contributed by atoms with Crippen molar-refractivity contribution < 1.29 is 56.7 Å². The van der Waals surface area contributed by atoms with E-state index in [4.69, 9.17) is 23.7 Å². The quantitative estimate of drug-likeness (QED) is 0.176. The van der Waals surface area contributed by atoms with Gasteiger partial charge in [-0.3, -0.25) is 14.4 Å². The average Bonchev–Trinajstić information content (AvgIpc) is 2.99. The average molecular weight is 627 g/mol. The van der Waals surface area contributed by atoms with Crippen LogP contribution < -0.4 is 15.4 Å². The van der Waals surface area contributed by atoms with Crippen LogP contribution >= 0.6 is 0 Å². The second-order valence-corrected chi connectivity index (χ2v) is 8.66. The predicted octanol–water partition coefficient (Wildman–Crippen LogP) is 2.62. The number of benzene rings is 2. The summed E-state index contributed by atoms with van der Waals surface area (Å²) in [6, 6.07) is 6.83. The minimum absolute atomic E-state index is 0.0175. The Morgan fingerprint density at radius 1 is 0.727 bits per heavy atom. The number of ether oxygens (including phenoxy) is 5. The number of ketones is 1. The Labute approximate surface area is 255 Å². The fraction of sp³-hybridized carbons (Fsp3) is 0.467.